The van der Waals surface area contributed by atoms with E-state index in [0.29, 0.717) is 10.0 Å². The Hall–Kier alpha value is -1.07. The van der Waals surface area contributed by atoms with Gasteiger partial charge in [0.05, 0.1) is 14.9 Å². The zero-order valence-corrected chi connectivity index (χ0v) is 11.9. The van der Waals surface area contributed by atoms with Crippen LogP contribution in [0.25, 0.3) is 11.0 Å². The monoisotopic (exact) mass is 334 g/mol. The summed E-state index contributed by atoms with van der Waals surface area (Å²) in [5, 5.41) is 9.15. The second-order valence-electron chi connectivity index (χ2n) is 4.16. The molecule has 0 radical (unpaired) electrons. The van der Waals surface area contributed by atoms with Crippen LogP contribution in [0.3, 0.4) is 0 Å². The molecule has 0 unspecified atom stereocenters. The number of carboxylic acids is 1. The van der Waals surface area contributed by atoms with Gasteiger partial charge in [0.2, 0.25) is 5.76 Å². The van der Waals surface area contributed by atoms with Gasteiger partial charge in [-0.1, -0.05) is 25.4 Å². The van der Waals surface area contributed by atoms with E-state index >= 15 is 0 Å². The van der Waals surface area contributed by atoms with E-state index in [2.05, 4.69) is 15.9 Å². The molecule has 0 spiro atoms. The van der Waals surface area contributed by atoms with Crippen molar-refractivity contribution >= 4 is 44.5 Å². The van der Waals surface area contributed by atoms with Crippen LogP contribution in [0.5, 0.6) is 0 Å². The minimum absolute atomic E-state index is 0.0750. The topological polar surface area (TPSA) is 50.4 Å². The van der Waals surface area contributed by atoms with Crippen molar-refractivity contribution in [3.63, 3.8) is 0 Å². The van der Waals surface area contributed by atoms with E-state index < -0.39 is 11.8 Å². The van der Waals surface area contributed by atoms with Crippen LogP contribution in [-0.4, -0.2) is 11.1 Å². The summed E-state index contributed by atoms with van der Waals surface area (Å²) in [5.74, 6) is -2.33. The van der Waals surface area contributed by atoms with Crippen LogP contribution in [0.2, 0.25) is 5.02 Å². The summed E-state index contributed by atoms with van der Waals surface area (Å²) < 4.78 is 19.7. The van der Waals surface area contributed by atoms with Gasteiger partial charge in [-0.15, -0.1) is 0 Å². The highest BCUT2D eigenvalue weighted by Crippen LogP contribution is 2.40. The number of fused-ring (bicyclic) bond motifs is 1. The molecule has 0 bridgehead atoms. The maximum absolute atomic E-state index is 14.1. The van der Waals surface area contributed by atoms with Gasteiger partial charge >= 0.3 is 5.97 Å². The molecule has 1 heterocycles. The van der Waals surface area contributed by atoms with Gasteiger partial charge in [0, 0.05) is 5.56 Å². The minimum atomic E-state index is -1.22. The first-order chi connectivity index (χ1) is 8.34. The van der Waals surface area contributed by atoms with Crippen LogP contribution in [-0.2, 0) is 0 Å². The van der Waals surface area contributed by atoms with Gasteiger partial charge in [0.25, 0.3) is 0 Å². The highest BCUT2D eigenvalue weighted by molar-refractivity contribution is 9.10. The summed E-state index contributed by atoms with van der Waals surface area (Å²) in [6, 6.07) is 1.35. The van der Waals surface area contributed by atoms with E-state index in [9.17, 15) is 9.18 Å². The molecule has 3 nitrogen and oxygen atoms in total. The van der Waals surface area contributed by atoms with Crippen molar-refractivity contribution in [2.24, 2.45) is 0 Å². The number of aromatic carboxylic acids is 1. The zero-order chi connectivity index (χ0) is 13.6. The lowest BCUT2D eigenvalue weighted by atomic mass is 9.99. The lowest BCUT2D eigenvalue weighted by Gasteiger charge is -2.05. The Labute approximate surface area is 116 Å². The van der Waals surface area contributed by atoms with E-state index in [1.54, 1.807) is 13.8 Å². The summed E-state index contributed by atoms with van der Waals surface area (Å²) >= 11 is 8.95. The lowest BCUT2D eigenvalue weighted by Crippen LogP contribution is -2.00. The normalized spacial score (nSPS) is 11.4. The second-order valence-corrected chi connectivity index (χ2v) is 5.42. The molecule has 2 aromatic rings. The van der Waals surface area contributed by atoms with Crippen LogP contribution >= 0.6 is 27.5 Å². The highest BCUT2D eigenvalue weighted by atomic mass is 79.9. The summed E-state index contributed by atoms with van der Waals surface area (Å²) in [6.45, 7) is 3.54. The molecule has 0 amide bonds. The molecule has 2 rings (SSSR count). The first-order valence-electron chi connectivity index (χ1n) is 5.17. The maximum atomic E-state index is 14.1. The van der Waals surface area contributed by atoms with Crippen molar-refractivity contribution in [2.45, 2.75) is 19.8 Å². The van der Waals surface area contributed by atoms with Crippen molar-refractivity contribution in [3.05, 3.63) is 32.7 Å². The molecule has 0 aliphatic rings. The molecule has 18 heavy (non-hydrogen) atoms. The molecular formula is C12H9BrClFO3. The Kier molecular flexibility index (Phi) is 3.38. The van der Waals surface area contributed by atoms with Gasteiger partial charge < -0.3 is 9.52 Å². The third-order valence-corrected chi connectivity index (χ3v) is 3.48. The number of rotatable bonds is 2. The third kappa shape index (κ3) is 1.91. The summed E-state index contributed by atoms with van der Waals surface area (Å²) in [7, 11) is 0. The number of carbonyl (C=O) groups is 1. The van der Waals surface area contributed by atoms with Crippen LogP contribution in [0.1, 0.15) is 35.9 Å². The van der Waals surface area contributed by atoms with Crippen LogP contribution < -0.4 is 0 Å². The zero-order valence-electron chi connectivity index (χ0n) is 9.55. The highest BCUT2D eigenvalue weighted by Gasteiger charge is 2.27. The number of benzene rings is 1. The minimum Gasteiger partial charge on any atom is -0.475 e. The first-order valence-corrected chi connectivity index (χ1v) is 6.34. The second kappa shape index (κ2) is 4.55. The SMILES string of the molecule is CC(C)c1c(C(=O)O)oc2c(Br)cc(Cl)c(F)c12. The smallest absolute Gasteiger partial charge is 0.372 e. The number of hydrogen-bond donors (Lipinski definition) is 1. The van der Waals surface area contributed by atoms with Gasteiger partial charge in [-0.25, -0.2) is 9.18 Å². The average molecular weight is 336 g/mol. The standard InChI is InChI=1S/C12H9BrClFO3/c1-4(2)7-8-9(15)6(14)3-5(13)10(8)18-11(7)12(16)17/h3-4H,1-2H3,(H,16,17). The molecule has 0 aliphatic carbocycles. The molecule has 1 N–H and O–H groups in total. The Morgan fingerprint density at radius 1 is 1.56 bits per heavy atom. The Morgan fingerprint density at radius 2 is 2.17 bits per heavy atom. The molecule has 0 atom stereocenters. The number of furan rings is 1. The fraction of sp³-hybridized carbons (Fsp3) is 0.250. The van der Waals surface area contributed by atoms with E-state index in [1.165, 1.54) is 6.07 Å². The van der Waals surface area contributed by atoms with E-state index in [-0.39, 0.29) is 27.7 Å². The lowest BCUT2D eigenvalue weighted by molar-refractivity contribution is 0.0662. The summed E-state index contributed by atoms with van der Waals surface area (Å²) in [5.41, 5.74) is 0.483. The molecule has 1 aromatic carbocycles. The third-order valence-electron chi connectivity index (χ3n) is 2.62. The quantitative estimate of drug-likeness (QED) is 0.801. The summed E-state index contributed by atoms with van der Waals surface area (Å²) in [4.78, 5) is 11.1. The van der Waals surface area contributed by atoms with Crippen molar-refractivity contribution in [2.75, 3.05) is 0 Å². The molecule has 6 heteroatoms. The molecule has 1 aromatic heterocycles. The molecule has 96 valence electrons. The van der Waals surface area contributed by atoms with Crippen LogP contribution in [0.15, 0.2) is 15.0 Å². The largest absolute Gasteiger partial charge is 0.475 e. The maximum Gasteiger partial charge on any atom is 0.372 e. The fourth-order valence-corrected chi connectivity index (χ4v) is 2.74. The Balaban J connectivity index is 3.00. The van der Waals surface area contributed by atoms with Gasteiger partial charge in [-0.05, 0) is 27.9 Å². The molecule has 0 saturated heterocycles. The Morgan fingerprint density at radius 3 is 2.67 bits per heavy atom. The van der Waals surface area contributed by atoms with Crippen molar-refractivity contribution in [3.8, 4) is 0 Å². The average Bonchev–Trinajstić information content (AvgIpc) is 2.66. The van der Waals surface area contributed by atoms with Gasteiger partial charge in [0.1, 0.15) is 0 Å². The molecule has 0 fully saturated rings. The number of carboxylic acid groups (broad SMARTS) is 1. The molecule has 0 saturated carbocycles. The van der Waals surface area contributed by atoms with E-state index in [4.69, 9.17) is 21.1 Å². The van der Waals surface area contributed by atoms with Gasteiger partial charge in [0.15, 0.2) is 11.4 Å². The number of halogens is 3. The summed E-state index contributed by atoms with van der Waals surface area (Å²) in [6.07, 6.45) is 0. The predicted octanol–water partition coefficient (Wildman–Crippen LogP) is 4.81. The van der Waals surface area contributed by atoms with Gasteiger partial charge in [-0.3, -0.25) is 0 Å². The molecule has 0 aliphatic heterocycles. The van der Waals surface area contributed by atoms with Gasteiger partial charge in [-0.2, -0.15) is 0 Å². The Bertz CT molecular complexity index is 649. The van der Waals surface area contributed by atoms with Crippen molar-refractivity contribution in [1.29, 1.82) is 0 Å². The van der Waals surface area contributed by atoms with E-state index in [0.717, 1.165) is 0 Å². The van der Waals surface area contributed by atoms with Crippen molar-refractivity contribution in [1.82, 2.24) is 0 Å². The predicted molar refractivity (Wildman–Crippen MR) is 69.9 cm³/mol. The van der Waals surface area contributed by atoms with E-state index in [1.807, 2.05) is 0 Å². The molecular weight excluding hydrogens is 326 g/mol. The van der Waals surface area contributed by atoms with Crippen molar-refractivity contribution < 1.29 is 18.7 Å². The first kappa shape index (κ1) is 13.4. The fourth-order valence-electron chi connectivity index (χ4n) is 1.90. The van der Waals surface area contributed by atoms with Crippen LogP contribution in [0.4, 0.5) is 4.39 Å². The van der Waals surface area contributed by atoms with Crippen LogP contribution in [0, 0.1) is 5.82 Å². The number of hydrogen-bond acceptors (Lipinski definition) is 2.